The summed E-state index contributed by atoms with van der Waals surface area (Å²) in [6.07, 6.45) is 9.38. The zero-order valence-electron chi connectivity index (χ0n) is 12.7. The predicted molar refractivity (Wildman–Crippen MR) is 83.3 cm³/mol. The van der Waals surface area contributed by atoms with Crippen molar-refractivity contribution in [3.05, 3.63) is 5.82 Å². The maximum Gasteiger partial charge on any atom is 0.233 e. The molecular weight excluding hydrogens is 284 g/mol. The Balaban J connectivity index is 1.60. The molecule has 1 saturated carbocycles. The molecule has 2 aliphatic rings. The highest BCUT2D eigenvalue weighted by molar-refractivity contribution is 8.00. The summed E-state index contributed by atoms with van der Waals surface area (Å²) >= 11 is 1.54. The van der Waals surface area contributed by atoms with Crippen LogP contribution >= 0.6 is 11.8 Å². The Morgan fingerprint density at radius 1 is 1.24 bits per heavy atom. The van der Waals surface area contributed by atoms with E-state index in [1.165, 1.54) is 32.1 Å². The number of hydrogen-bond donors (Lipinski definition) is 1. The molecule has 1 atom stereocenters. The Hall–Kier alpha value is -1.04. The van der Waals surface area contributed by atoms with Gasteiger partial charge < -0.3 is 9.88 Å². The first-order chi connectivity index (χ1) is 10.2. The smallest absolute Gasteiger partial charge is 0.233 e. The zero-order chi connectivity index (χ0) is 14.7. The average Bonchev–Trinajstić information content (AvgIpc) is 3.04. The molecular formula is C15H24N4OS. The minimum absolute atomic E-state index is 0.109. The largest absolute Gasteiger partial charge is 0.352 e. The Labute approximate surface area is 130 Å². The van der Waals surface area contributed by atoms with E-state index in [9.17, 15) is 4.79 Å². The van der Waals surface area contributed by atoms with Crippen molar-refractivity contribution in [3.63, 3.8) is 0 Å². The number of amides is 1. The van der Waals surface area contributed by atoms with Crippen LogP contribution in [-0.2, 0) is 17.8 Å². The van der Waals surface area contributed by atoms with Gasteiger partial charge in [-0.05, 0) is 32.6 Å². The fourth-order valence-electron chi connectivity index (χ4n) is 3.15. The number of fused-ring (bicyclic) bond motifs is 1. The van der Waals surface area contributed by atoms with Crippen molar-refractivity contribution in [1.82, 2.24) is 20.1 Å². The second-order valence-corrected chi connectivity index (χ2v) is 7.42. The summed E-state index contributed by atoms with van der Waals surface area (Å²) in [7, 11) is 0. The number of nitrogens with one attached hydrogen (secondary N) is 1. The Bertz CT molecular complexity index is 496. The lowest BCUT2D eigenvalue weighted by atomic mass is 10.2. The summed E-state index contributed by atoms with van der Waals surface area (Å²) in [6, 6.07) is 0.385. The Morgan fingerprint density at radius 2 is 2.05 bits per heavy atom. The van der Waals surface area contributed by atoms with E-state index in [-0.39, 0.29) is 11.2 Å². The number of aromatic nitrogens is 3. The number of carbonyl (C=O) groups excluding carboxylic acids is 1. The van der Waals surface area contributed by atoms with Crippen molar-refractivity contribution in [2.75, 3.05) is 0 Å². The number of thioether (sulfide) groups is 1. The molecule has 0 spiro atoms. The molecule has 1 aliphatic heterocycles. The van der Waals surface area contributed by atoms with Crippen molar-refractivity contribution in [2.45, 2.75) is 81.3 Å². The van der Waals surface area contributed by atoms with Gasteiger partial charge in [0.2, 0.25) is 5.91 Å². The third-order valence-corrected chi connectivity index (χ3v) is 5.51. The number of aryl methyl sites for hydroxylation is 1. The summed E-state index contributed by atoms with van der Waals surface area (Å²) in [5, 5.41) is 12.5. The Morgan fingerprint density at radius 3 is 2.86 bits per heavy atom. The van der Waals surface area contributed by atoms with Crippen molar-refractivity contribution >= 4 is 17.7 Å². The van der Waals surface area contributed by atoms with Crippen LogP contribution in [-0.4, -0.2) is 32.0 Å². The van der Waals surface area contributed by atoms with Gasteiger partial charge in [-0.3, -0.25) is 4.79 Å². The number of carbonyl (C=O) groups is 1. The number of hydrogen-bond acceptors (Lipinski definition) is 4. The lowest BCUT2D eigenvalue weighted by Gasteiger charge is -2.16. The van der Waals surface area contributed by atoms with Gasteiger partial charge in [-0.15, -0.1) is 10.2 Å². The van der Waals surface area contributed by atoms with Crippen molar-refractivity contribution in [3.8, 4) is 0 Å². The first kappa shape index (κ1) is 14.9. The molecule has 2 heterocycles. The molecule has 0 radical (unpaired) electrons. The van der Waals surface area contributed by atoms with Crippen LogP contribution in [0, 0.1) is 0 Å². The van der Waals surface area contributed by atoms with Crippen LogP contribution in [0.3, 0.4) is 0 Å². The molecule has 0 bridgehead atoms. The first-order valence-corrected chi connectivity index (χ1v) is 9.01. The van der Waals surface area contributed by atoms with Crippen LogP contribution in [0.1, 0.15) is 57.7 Å². The molecule has 0 aromatic carbocycles. The zero-order valence-corrected chi connectivity index (χ0v) is 13.5. The molecule has 5 nitrogen and oxygen atoms in total. The third-order valence-electron chi connectivity index (χ3n) is 4.43. The lowest BCUT2D eigenvalue weighted by molar-refractivity contribution is -0.120. The minimum atomic E-state index is -0.109. The highest BCUT2D eigenvalue weighted by atomic mass is 32.2. The molecule has 116 valence electrons. The standard InChI is InChI=1S/C15H24N4OS/c1-11(14(20)16-12-7-4-5-8-12)21-15-18-17-13-9-3-2-6-10-19(13)15/h11-12H,2-10H2,1H3,(H,16,20)/t11-/m1/s1. The van der Waals surface area contributed by atoms with E-state index >= 15 is 0 Å². The van der Waals surface area contributed by atoms with Gasteiger partial charge in [0.15, 0.2) is 5.16 Å². The van der Waals surface area contributed by atoms with Gasteiger partial charge in [0.25, 0.3) is 0 Å². The van der Waals surface area contributed by atoms with E-state index in [0.717, 1.165) is 36.8 Å². The van der Waals surface area contributed by atoms with Crippen molar-refractivity contribution < 1.29 is 4.79 Å². The summed E-state index contributed by atoms with van der Waals surface area (Å²) in [5.41, 5.74) is 0. The molecule has 1 N–H and O–H groups in total. The van der Waals surface area contributed by atoms with Crippen LogP contribution < -0.4 is 5.32 Å². The Kier molecular flexibility index (Phi) is 4.83. The van der Waals surface area contributed by atoms with Crippen LogP contribution in [0.4, 0.5) is 0 Å². The number of rotatable bonds is 4. The summed E-state index contributed by atoms with van der Waals surface area (Å²) < 4.78 is 2.21. The summed E-state index contributed by atoms with van der Waals surface area (Å²) in [6.45, 7) is 2.95. The maximum absolute atomic E-state index is 12.3. The monoisotopic (exact) mass is 308 g/mol. The van der Waals surface area contributed by atoms with Crippen molar-refractivity contribution in [2.24, 2.45) is 0 Å². The molecule has 1 aliphatic carbocycles. The number of nitrogens with zero attached hydrogens (tertiary/aromatic N) is 3. The van der Waals surface area contributed by atoms with E-state index in [1.807, 2.05) is 6.92 Å². The normalized spacial score (nSPS) is 20.8. The van der Waals surface area contributed by atoms with Crippen LogP contribution in [0.5, 0.6) is 0 Å². The molecule has 0 unspecified atom stereocenters. The SMILES string of the molecule is C[C@@H](Sc1nnc2n1CCCCC2)C(=O)NC1CCCC1. The molecule has 0 saturated heterocycles. The van der Waals surface area contributed by atoms with E-state index < -0.39 is 0 Å². The molecule has 1 aromatic heterocycles. The summed E-state index contributed by atoms with van der Waals surface area (Å²) in [5.74, 6) is 1.22. The second kappa shape index (κ2) is 6.81. The molecule has 1 fully saturated rings. The van der Waals surface area contributed by atoms with E-state index in [4.69, 9.17) is 0 Å². The van der Waals surface area contributed by atoms with Gasteiger partial charge >= 0.3 is 0 Å². The maximum atomic E-state index is 12.3. The molecule has 21 heavy (non-hydrogen) atoms. The van der Waals surface area contributed by atoms with Gasteiger partial charge in [-0.1, -0.05) is 31.0 Å². The second-order valence-electron chi connectivity index (χ2n) is 6.11. The van der Waals surface area contributed by atoms with Crippen LogP contribution in [0.2, 0.25) is 0 Å². The quantitative estimate of drug-likeness (QED) is 0.868. The third kappa shape index (κ3) is 3.59. The van der Waals surface area contributed by atoms with Gasteiger partial charge in [-0.25, -0.2) is 0 Å². The molecule has 1 aromatic rings. The average molecular weight is 308 g/mol. The topological polar surface area (TPSA) is 59.8 Å². The van der Waals surface area contributed by atoms with Crippen LogP contribution in [0.15, 0.2) is 5.16 Å². The van der Waals surface area contributed by atoms with Gasteiger partial charge in [-0.2, -0.15) is 0 Å². The van der Waals surface area contributed by atoms with Gasteiger partial charge in [0.1, 0.15) is 5.82 Å². The molecule has 6 heteroatoms. The van der Waals surface area contributed by atoms with E-state index in [1.54, 1.807) is 11.8 Å². The predicted octanol–water partition coefficient (Wildman–Crippen LogP) is 2.54. The van der Waals surface area contributed by atoms with Crippen LogP contribution in [0.25, 0.3) is 0 Å². The molecule has 1 amide bonds. The first-order valence-electron chi connectivity index (χ1n) is 8.13. The van der Waals surface area contributed by atoms with E-state index in [0.29, 0.717) is 6.04 Å². The fraction of sp³-hybridized carbons (Fsp3) is 0.800. The highest BCUT2D eigenvalue weighted by Crippen LogP contribution is 2.26. The molecule has 3 rings (SSSR count). The van der Waals surface area contributed by atoms with E-state index in [2.05, 4.69) is 20.1 Å². The van der Waals surface area contributed by atoms with Gasteiger partial charge in [0.05, 0.1) is 5.25 Å². The summed E-state index contributed by atoms with van der Waals surface area (Å²) in [4.78, 5) is 12.3. The highest BCUT2D eigenvalue weighted by Gasteiger charge is 2.24. The lowest BCUT2D eigenvalue weighted by Crippen LogP contribution is -2.37. The van der Waals surface area contributed by atoms with Crippen molar-refractivity contribution in [1.29, 1.82) is 0 Å². The van der Waals surface area contributed by atoms with Gasteiger partial charge in [0, 0.05) is 19.0 Å². The minimum Gasteiger partial charge on any atom is -0.352 e. The fourth-order valence-corrected chi connectivity index (χ4v) is 4.05.